The smallest absolute Gasteiger partial charge is 0.159 e. The molecule has 11 rings (SSSR count). The Morgan fingerprint density at radius 3 is 1.75 bits per heavy atom. The van der Waals surface area contributed by atoms with Crippen molar-refractivity contribution < 1.29 is 4.42 Å². The lowest BCUT2D eigenvalue weighted by Crippen LogP contribution is -2.10. The molecule has 2 aliphatic rings. The molecule has 1 aromatic heterocycles. The van der Waals surface area contributed by atoms with E-state index in [1.54, 1.807) is 0 Å². The summed E-state index contributed by atoms with van der Waals surface area (Å²) in [4.78, 5) is 2.38. The molecule has 0 aliphatic heterocycles. The fourth-order valence-electron chi connectivity index (χ4n) is 8.28. The van der Waals surface area contributed by atoms with Gasteiger partial charge in [-0.1, -0.05) is 127 Å². The highest BCUT2D eigenvalue weighted by Crippen LogP contribution is 2.58. The second kappa shape index (κ2) is 9.57. The predicted octanol–water partition coefficient (Wildman–Crippen LogP) is 13.2. The van der Waals surface area contributed by atoms with E-state index in [2.05, 4.69) is 163 Å². The molecule has 0 saturated heterocycles. The van der Waals surface area contributed by atoms with Crippen LogP contribution in [0.2, 0.25) is 0 Å². The standard InChI is InChI=1S/C46H27NO/c1-2-11-29-26-30(23-22-28(29)10-1)47(42-20-9-19-40-34-13-5-6-21-43(34)48-46(40)42)31-24-25-33-37-16-8-17-38-39-18-7-15-36(45(39)41(33)27-31)32-12-3-4-14-35(32)44(37)38/h1-27H. The topological polar surface area (TPSA) is 16.4 Å². The lowest BCUT2D eigenvalue weighted by atomic mass is 9.83. The molecule has 0 spiro atoms. The second-order valence-corrected chi connectivity index (χ2v) is 12.9. The molecule has 2 nitrogen and oxygen atoms in total. The van der Waals surface area contributed by atoms with E-state index in [9.17, 15) is 0 Å². The molecule has 0 saturated carbocycles. The normalized spacial score (nSPS) is 12.2. The summed E-state index contributed by atoms with van der Waals surface area (Å²) in [6, 6.07) is 59.7. The van der Waals surface area contributed by atoms with Crippen molar-refractivity contribution >= 4 is 49.8 Å². The van der Waals surface area contributed by atoms with Gasteiger partial charge in [-0.25, -0.2) is 0 Å². The average Bonchev–Trinajstić information content (AvgIpc) is 3.48. The van der Waals surface area contributed by atoms with Crippen LogP contribution in [0.3, 0.4) is 0 Å². The lowest BCUT2D eigenvalue weighted by Gasteiger charge is -2.28. The number of hydrogen-bond acceptors (Lipinski definition) is 2. The van der Waals surface area contributed by atoms with Gasteiger partial charge < -0.3 is 9.32 Å². The summed E-state index contributed by atoms with van der Waals surface area (Å²) in [5.74, 6) is 0. The highest BCUT2D eigenvalue weighted by molar-refractivity contribution is 6.16. The quantitative estimate of drug-likeness (QED) is 0.198. The summed E-state index contributed by atoms with van der Waals surface area (Å²) in [5.41, 5.74) is 17.8. The van der Waals surface area contributed by atoms with Gasteiger partial charge in [0, 0.05) is 22.1 Å². The van der Waals surface area contributed by atoms with E-state index < -0.39 is 0 Å². The van der Waals surface area contributed by atoms with Crippen molar-refractivity contribution in [2.75, 3.05) is 4.90 Å². The fourth-order valence-corrected chi connectivity index (χ4v) is 8.28. The molecule has 0 unspecified atom stereocenters. The van der Waals surface area contributed by atoms with Crippen molar-refractivity contribution in [2.24, 2.45) is 0 Å². The number of furan rings is 1. The highest BCUT2D eigenvalue weighted by Gasteiger charge is 2.31. The Labute approximate surface area is 277 Å². The number of rotatable bonds is 3. The molecule has 0 amide bonds. The molecule has 1 heterocycles. The molecule has 9 aromatic rings. The number of fused-ring (bicyclic) bond motifs is 8. The van der Waals surface area contributed by atoms with Crippen molar-refractivity contribution in [3.63, 3.8) is 0 Å². The van der Waals surface area contributed by atoms with Crippen LogP contribution in [-0.4, -0.2) is 0 Å². The number of anilines is 3. The van der Waals surface area contributed by atoms with Crippen LogP contribution in [0.25, 0.3) is 88.3 Å². The van der Waals surface area contributed by atoms with Crippen LogP contribution < -0.4 is 4.90 Å². The minimum atomic E-state index is 0.881. The first kappa shape index (κ1) is 25.8. The fraction of sp³-hybridized carbons (Fsp3) is 0. The van der Waals surface area contributed by atoms with Crippen molar-refractivity contribution in [1.82, 2.24) is 0 Å². The van der Waals surface area contributed by atoms with Crippen molar-refractivity contribution in [3.8, 4) is 55.6 Å². The second-order valence-electron chi connectivity index (χ2n) is 12.9. The van der Waals surface area contributed by atoms with Gasteiger partial charge in [0.15, 0.2) is 5.58 Å². The molecule has 6 bridgehead atoms. The lowest BCUT2D eigenvalue weighted by molar-refractivity contribution is 0.669. The van der Waals surface area contributed by atoms with Crippen molar-refractivity contribution in [1.29, 1.82) is 0 Å². The molecule has 2 heteroatoms. The van der Waals surface area contributed by atoms with Crippen LogP contribution in [-0.2, 0) is 0 Å². The van der Waals surface area contributed by atoms with Crippen LogP contribution in [0.4, 0.5) is 17.1 Å². The average molecular weight is 610 g/mol. The highest BCUT2D eigenvalue weighted by atomic mass is 16.3. The van der Waals surface area contributed by atoms with E-state index in [1.165, 1.54) is 66.4 Å². The summed E-state index contributed by atoms with van der Waals surface area (Å²) >= 11 is 0. The maximum atomic E-state index is 6.66. The van der Waals surface area contributed by atoms with E-state index >= 15 is 0 Å². The minimum Gasteiger partial charge on any atom is -0.454 e. The first-order chi connectivity index (χ1) is 23.8. The van der Waals surface area contributed by atoms with Crippen molar-refractivity contribution in [3.05, 3.63) is 164 Å². The third kappa shape index (κ3) is 3.46. The van der Waals surface area contributed by atoms with Gasteiger partial charge in [0.05, 0.1) is 5.69 Å². The minimum absolute atomic E-state index is 0.881. The van der Waals surface area contributed by atoms with Crippen LogP contribution >= 0.6 is 0 Å². The van der Waals surface area contributed by atoms with E-state index in [1.807, 2.05) is 6.07 Å². The summed E-state index contributed by atoms with van der Waals surface area (Å²) in [6.45, 7) is 0. The Morgan fingerprint density at radius 1 is 0.354 bits per heavy atom. The molecule has 0 radical (unpaired) electrons. The molecule has 2 aliphatic carbocycles. The van der Waals surface area contributed by atoms with Gasteiger partial charge in [-0.05, 0) is 103 Å². The molecule has 0 fully saturated rings. The molecule has 0 N–H and O–H groups in total. The number of hydrogen-bond donors (Lipinski definition) is 0. The van der Waals surface area contributed by atoms with Gasteiger partial charge in [0.1, 0.15) is 5.58 Å². The van der Waals surface area contributed by atoms with Gasteiger partial charge in [-0.2, -0.15) is 0 Å². The van der Waals surface area contributed by atoms with Gasteiger partial charge in [-0.3, -0.25) is 0 Å². The number of para-hydroxylation sites is 2. The van der Waals surface area contributed by atoms with Crippen molar-refractivity contribution in [2.45, 2.75) is 0 Å². The van der Waals surface area contributed by atoms with Crippen LogP contribution in [0.1, 0.15) is 0 Å². The van der Waals surface area contributed by atoms with E-state index in [-0.39, 0.29) is 0 Å². The Hall–Kier alpha value is -6.38. The SMILES string of the molecule is c1ccc2c(c1)-c1cccc3c1-c1cc(N(c4ccc5ccccc5c4)c4cccc5c4oc4ccccc45)ccc1-c1cccc-3c1-2. The predicted molar refractivity (Wildman–Crippen MR) is 200 cm³/mol. The monoisotopic (exact) mass is 609 g/mol. The zero-order valence-corrected chi connectivity index (χ0v) is 25.9. The van der Waals surface area contributed by atoms with Gasteiger partial charge in [-0.15, -0.1) is 0 Å². The van der Waals surface area contributed by atoms with Crippen LogP contribution in [0.5, 0.6) is 0 Å². The summed E-state index contributed by atoms with van der Waals surface area (Å²) in [6.07, 6.45) is 0. The molecule has 0 atom stereocenters. The zero-order valence-electron chi connectivity index (χ0n) is 25.9. The Bertz CT molecular complexity index is 2780. The summed E-state index contributed by atoms with van der Waals surface area (Å²) in [7, 11) is 0. The largest absolute Gasteiger partial charge is 0.454 e. The van der Waals surface area contributed by atoms with E-state index in [0.29, 0.717) is 0 Å². The number of benzene rings is 8. The maximum Gasteiger partial charge on any atom is 0.159 e. The Morgan fingerprint density at radius 2 is 0.917 bits per heavy atom. The summed E-state index contributed by atoms with van der Waals surface area (Å²) in [5, 5.41) is 4.66. The van der Waals surface area contributed by atoms with E-state index in [0.717, 1.165) is 39.0 Å². The first-order valence-corrected chi connectivity index (χ1v) is 16.5. The first-order valence-electron chi connectivity index (χ1n) is 16.5. The van der Waals surface area contributed by atoms with Gasteiger partial charge in [0.2, 0.25) is 0 Å². The molecular weight excluding hydrogens is 583 g/mol. The maximum absolute atomic E-state index is 6.66. The summed E-state index contributed by atoms with van der Waals surface area (Å²) < 4.78 is 6.66. The third-order valence-electron chi connectivity index (χ3n) is 10.3. The molecular formula is C46H27NO. The molecule has 48 heavy (non-hydrogen) atoms. The molecule has 222 valence electrons. The Balaban J connectivity index is 1.23. The van der Waals surface area contributed by atoms with E-state index in [4.69, 9.17) is 4.42 Å². The third-order valence-corrected chi connectivity index (χ3v) is 10.3. The number of nitrogens with zero attached hydrogens (tertiary/aromatic N) is 1. The van der Waals surface area contributed by atoms with Crippen LogP contribution in [0.15, 0.2) is 168 Å². The van der Waals surface area contributed by atoms with Crippen LogP contribution in [0, 0.1) is 0 Å². The Kier molecular flexibility index (Phi) is 5.14. The van der Waals surface area contributed by atoms with Gasteiger partial charge in [0.25, 0.3) is 0 Å². The molecule has 8 aromatic carbocycles. The van der Waals surface area contributed by atoms with Gasteiger partial charge >= 0.3 is 0 Å². The zero-order chi connectivity index (χ0) is 31.3.